The van der Waals surface area contributed by atoms with Gasteiger partial charge in [-0.3, -0.25) is 15.1 Å². The Balaban J connectivity index is 2.39. The van der Waals surface area contributed by atoms with Gasteiger partial charge in [0.05, 0.1) is 5.02 Å². The molecule has 0 aromatic heterocycles. The van der Waals surface area contributed by atoms with Crippen LogP contribution < -0.4 is 10.6 Å². The third-order valence-electron chi connectivity index (χ3n) is 2.30. The second-order valence-electron chi connectivity index (χ2n) is 3.28. The van der Waals surface area contributed by atoms with Gasteiger partial charge in [-0.05, 0) is 6.07 Å². The van der Waals surface area contributed by atoms with Crippen molar-refractivity contribution in [2.24, 2.45) is 4.99 Å². The summed E-state index contributed by atoms with van der Waals surface area (Å²) >= 11 is 5.65. The second kappa shape index (κ2) is 4.09. The normalized spacial score (nSPS) is 22.1. The van der Waals surface area contributed by atoms with Crippen molar-refractivity contribution in [3.63, 3.8) is 0 Å². The van der Waals surface area contributed by atoms with Crippen molar-refractivity contribution < 1.29 is 9.18 Å². The molecule has 1 heterocycles. The molecular weight excluding hydrogens is 233 g/mol. The van der Waals surface area contributed by atoms with E-state index in [0.717, 1.165) is 0 Å². The van der Waals surface area contributed by atoms with Gasteiger partial charge in [0, 0.05) is 12.6 Å². The number of hydrogen-bond acceptors (Lipinski definition) is 2. The summed E-state index contributed by atoms with van der Waals surface area (Å²) in [6, 6.07) is 3.76. The van der Waals surface area contributed by atoms with Crippen LogP contribution in [0.15, 0.2) is 23.2 Å². The van der Waals surface area contributed by atoms with E-state index in [1.54, 1.807) is 6.07 Å². The first-order valence-electron chi connectivity index (χ1n) is 4.61. The van der Waals surface area contributed by atoms with Gasteiger partial charge in [-0.25, -0.2) is 4.39 Å². The number of aliphatic imine (C=N–C) groups is 1. The zero-order valence-corrected chi connectivity index (χ0v) is 9.18. The Morgan fingerprint density at radius 2 is 2.25 bits per heavy atom. The second-order valence-corrected chi connectivity index (χ2v) is 3.69. The average Bonchev–Trinajstić information content (AvgIpc) is 2.64. The number of nitrogens with zero attached hydrogens (tertiary/aromatic N) is 1. The maximum absolute atomic E-state index is 13.7. The molecule has 0 bridgehead atoms. The standard InChI is InChI=1S/C10H9ClFN3O/c1-13-10-14-8(9(16)15-10)5-3-2-4-6(11)7(5)12/h2-4,8H,1H3,(H2,13,14,15,16). The zero-order valence-electron chi connectivity index (χ0n) is 8.42. The molecule has 1 aromatic rings. The number of amides is 1. The van der Waals surface area contributed by atoms with Gasteiger partial charge in [-0.1, -0.05) is 23.7 Å². The number of carbonyl (C=O) groups is 1. The Morgan fingerprint density at radius 3 is 2.88 bits per heavy atom. The maximum atomic E-state index is 13.7. The number of hydrogen-bond donors (Lipinski definition) is 2. The molecule has 4 nitrogen and oxygen atoms in total. The fourth-order valence-electron chi connectivity index (χ4n) is 1.51. The van der Waals surface area contributed by atoms with Crippen molar-refractivity contribution in [2.45, 2.75) is 6.04 Å². The molecule has 16 heavy (non-hydrogen) atoms. The van der Waals surface area contributed by atoms with Crippen LogP contribution in [0.4, 0.5) is 4.39 Å². The van der Waals surface area contributed by atoms with E-state index in [4.69, 9.17) is 11.6 Å². The fraction of sp³-hybridized carbons (Fsp3) is 0.200. The lowest BCUT2D eigenvalue weighted by molar-refractivity contribution is -0.120. The van der Waals surface area contributed by atoms with Gasteiger partial charge in [0.2, 0.25) is 0 Å². The van der Waals surface area contributed by atoms with Crippen molar-refractivity contribution in [1.29, 1.82) is 0 Å². The minimum atomic E-state index is -0.780. The molecule has 1 saturated heterocycles. The highest BCUT2D eigenvalue weighted by Gasteiger charge is 2.31. The summed E-state index contributed by atoms with van der Waals surface area (Å²) in [4.78, 5) is 15.3. The van der Waals surface area contributed by atoms with E-state index in [1.165, 1.54) is 19.2 Å². The van der Waals surface area contributed by atoms with Crippen LogP contribution in [0.2, 0.25) is 5.02 Å². The molecule has 1 amide bonds. The number of nitrogens with one attached hydrogen (secondary N) is 2. The molecule has 0 spiro atoms. The van der Waals surface area contributed by atoms with Gasteiger partial charge in [0.1, 0.15) is 11.9 Å². The molecule has 6 heteroatoms. The van der Waals surface area contributed by atoms with Gasteiger partial charge < -0.3 is 5.32 Å². The molecule has 2 rings (SSSR count). The lowest BCUT2D eigenvalue weighted by atomic mass is 10.1. The summed E-state index contributed by atoms with van der Waals surface area (Å²) in [5.41, 5.74) is 0.212. The van der Waals surface area contributed by atoms with Crippen LogP contribution in [0, 0.1) is 5.82 Å². The van der Waals surface area contributed by atoms with Crippen molar-refractivity contribution in [1.82, 2.24) is 10.6 Å². The van der Waals surface area contributed by atoms with Gasteiger partial charge in [0.15, 0.2) is 5.96 Å². The van der Waals surface area contributed by atoms with E-state index in [0.29, 0.717) is 5.96 Å². The van der Waals surface area contributed by atoms with E-state index in [2.05, 4.69) is 15.6 Å². The number of halogens is 2. The lowest BCUT2D eigenvalue weighted by Gasteiger charge is -2.09. The van der Waals surface area contributed by atoms with E-state index < -0.39 is 11.9 Å². The molecule has 1 aliphatic heterocycles. The predicted molar refractivity (Wildman–Crippen MR) is 58.8 cm³/mol. The summed E-state index contributed by atoms with van der Waals surface area (Å²) in [6.07, 6.45) is 0. The minimum Gasteiger partial charge on any atom is -0.340 e. The summed E-state index contributed by atoms with van der Waals surface area (Å²) in [5.74, 6) is -0.606. The molecule has 1 atom stereocenters. The van der Waals surface area contributed by atoms with Crippen molar-refractivity contribution in [2.75, 3.05) is 7.05 Å². The van der Waals surface area contributed by atoms with Gasteiger partial charge in [-0.2, -0.15) is 0 Å². The number of carbonyl (C=O) groups excluding carboxylic acids is 1. The number of rotatable bonds is 1. The summed E-state index contributed by atoms with van der Waals surface area (Å²) < 4.78 is 13.7. The third-order valence-corrected chi connectivity index (χ3v) is 2.59. The highest BCUT2D eigenvalue weighted by atomic mass is 35.5. The smallest absolute Gasteiger partial charge is 0.254 e. The van der Waals surface area contributed by atoms with Crippen LogP contribution in [0.1, 0.15) is 11.6 Å². The average molecular weight is 242 g/mol. The highest BCUT2D eigenvalue weighted by molar-refractivity contribution is 6.30. The first-order valence-corrected chi connectivity index (χ1v) is 4.99. The SMILES string of the molecule is CN=C1NC(=O)C(c2cccc(Cl)c2F)N1. The van der Waals surface area contributed by atoms with E-state index in [9.17, 15) is 9.18 Å². The Bertz CT molecular complexity index is 475. The maximum Gasteiger partial charge on any atom is 0.254 e. The van der Waals surface area contributed by atoms with E-state index in [1.807, 2.05) is 0 Å². The van der Waals surface area contributed by atoms with Crippen LogP contribution in [0.3, 0.4) is 0 Å². The Hall–Kier alpha value is -1.62. The molecule has 2 N–H and O–H groups in total. The molecule has 1 aromatic carbocycles. The molecule has 1 fully saturated rings. The van der Waals surface area contributed by atoms with Gasteiger partial charge in [0.25, 0.3) is 5.91 Å². The Labute approximate surface area is 96.5 Å². The van der Waals surface area contributed by atoms with Gasteiger partial charge >= 0.3 is 0 Å². The minimum absolute atomic E-state index is 0.00557. The van der Waals surface area contributed by atoms with Gasteiger partial charge in [-0.15, -0.1) is 0 Å². The summed E-state index contributed by atoms with van der Waals surface area (Å²) in [5, 5.41) is 5.25. The fourth-order valence-corrected chi connectivity index (χ4v) is 1.69. The third kappa shape index (κ3) is 1.74. The van der Waals surface area contributed by atoms with Crippen molar-refractivity contribution in [3.05, 3.63) is 34.6 Å². The molecule has 0 saturated carbocycles. The van der Waals surface area contributed by atoms with Crippen molar-refractivity contribution in [3.8, 4) is 0 Å². The predicted octanol–water partition coefficient (Wildman–Crippen LogP) is 1.23. The first kappa shape index (κ1) is 10.9. The van der Waals surface area contributed by atoms with Crippen LogP contribution in [-0.2, 0) is 4.79 Å². The first-order chi connectivity index (χ1) is 7.63. The Morgan fingerprint density at radius 1 is 1.50 bits per heavy atom. The molecule has 1 aliphatic rings. The molecule has 0 radical (unpaired) electrons. The summed E-state index contributed by atoms with van der Waals surface area (Å²) in [6.45, 7) is 0. The molecule has 84 valence electrons. The van der Waals surface area contributed by atoms with E-state index in [-0.39, 0.29) is 16.5 Å². The quantitative estimate of drug-likeness (QED) is 0.777. The zero-order chi connectivity index (χ0) is 11.7. The number of guanidine groups is 1. The largest absolute Gasteiger partial charge is 0.340 e. The van der Waals surface area contributed by atoms with Crippen LogP contribution in [-0.4, -0.2) is 18.9 Å². The summed E-state index contributed by atoms with van der Waals surface area (Å²) in [7, 11) is 1.53. The topological polar surface area (TPSA) is 53.5 Å². The van der Waals surface area contributed by atoms with Crippen LogP contribution in [0.25, 0.3) is 0 Å². The van der Waals surface area contributed by atoms with Crippen molar-refractivity contribution >= 4 is 23.5 Å². The highest BCUT2D eigenvalue weighted by Crippen LogP contribution is 2.24. The lowest BCUT2D eigenvalue weighted by Crippen LogP contribution is -2.24. The molecule has 1 unspecified atom stereocenters. The van der Waals surface area contributed by atoms with Crippen LogP contribution >= 0.6 is 11.6 Å². The van der Waals surface area contributed by atoms with E-state index >= 15 is 0 Å². The number of benzene rings is 1. The molecular formula is C10H9ClFN3O. The molecule has 0 aliphatic carbocycles. The monoisotopic (exact) mass is 241 g/mol. The van der Waals surface area contributed by atoms with Crippen LogP contribution in [0.5, 0.6) is 0 Å². The Kier molecular flexibility index (Phi) is 2.78.